The van der Waals surface area contributed by atoms with E-state index in [9.17, 15) is 9.59 Å². The van der Waals surface area contributed by atoms with Gasteiger partial charge in [-0.1, -0.05) is 124 Å². The minimum atomic E-state index is -0.681. The molecule has 39 heavy (non-hydrogen) atoms. The summed E-state index contributed by atoms with van der Waals surface area (Å²) in [4.78, 5) is 26.4. The summed E-state index contributed by atoms with van der Waals surface area (Å²) in [5, 5.41) is 6.40. The summed E-state index contributed by atoms with van der Waals surface area (Å²) in [7, 11) is 0. The minimum absolute atomic E-state index is 0.0649. The summed E-state index contributed by atoms with van der Waals surface area (Å²) in [5.41, 5.74) is 5.85. The van der Waals surface area contributed by atoms with Crippen LogP contribution < -0.4 is 10.6 Å². The zero-order valence-corrected chi connectivity index (χ0v) is 23.5. The molecule has 3 aromatic rings. The molecule has 0 aliphatic heterocycles. The van der Waals surface area contributed by atoms with E-state index in [-0.39, 0.29) is 17.9 Å². The lowest BCUT2D eigenvalue weighted by atomic mass is 9.73. The monoisotopic (exact) mass is 522 g/mol. The van der Waals surface area contributed by atoms with Crippen LogP contribution in [0.2, 0.25) is 0 Å². The van der Waals surface area contributed by atoms with Crippen molar-refractivity contribution in [2.24, 2.45) is 0 Å². The minimum Gasteiger partial charge on any atom is -0.353 e. The average Bonchev–Trinajstić information content (AvgIpc) is 3.24. The molecule has 0 saturated heterocycles. The SMILES string of the molecule is C=C(C)CNC(=O)C1(CCCCCCC(CC)NC(=O)Cc2ccccc2)c2ccccc2-c2ccccc21. The van der Waals surface area contributed by atoms with Crippen molar-refractivity contribution in [3.05, 3.63) is 108 Å². The molecule has 3 aromatic carbocycles. The molecular weight excluding hydrogens is 480 g/mol. The maximum absolute atomic E-state index is 13.9. The summed E-state index contributed by atoms with van der Waals surface area (Å²) < 4.78 is 0. The molecule has 4 rings (SSSR count). The molecule has 1 unspecified atom stereocenters. The molecule has 0 heterocycles. The first-order valence-corrected chi connectivity index (χ1v) is 14.4. The number of nitrogens with one attached hydrogen (secondary N) is 2. The number of unbranched alkanes of at least 4 members (excludes halogenated alkanes) is 3. The lowest BCUT2D eigenvalue weighted by Crippen LogP contribution is -2.44. The molecule has 0 fully saturated rings. The summed E-state index contributed by atoms with van der Waals surface area (Å²) in [5.74, 6) is 0.157. The van der Waals surface area contributed by atoms with Gasteiger partial charge in [-0.05, 0) is 54.0 Å². The van der Waals surface area contributed by atoms with Crippen molar-refractivity contribution >= 4 is 11.8 Å². The van der Waals surface area contributed by atoms with E-state index in [2.05, 4.69) is 60.5 Å². The fourth-order valence-electron chi connectivity index (χ4n) is 5.91. The summed E-state index contributed by atoms with van der Waals surface area (Å²) >= 11 is 0. The van der Waals surface area contributed by atoms with E-state index in [4.69, 9.17) is 0 Å². The van der Waals surface area contributed by atoms with Gasteiger partial charge in [0.05, 0.1) is 6.42 Å². The van der Waals surface area contributed by atoms with Crippen LogP contribution in [0, 0.1) is 0 Å². The zero-order chi connectivity index (χ0) is 27.7. The maximum Gasteiger partial charge on any atom is 0.235 e. The summed E-state index contributed by atoms with van der Waals surface area (Å²) in [6.45, 7) is 8.54. The molecular formula is C35H42N2O2. The second kappa shape index (κ2) is 13.4. The van der Waals surface area contributed by atoms with Gasteiger partial charge in [-0.2, -0.15) is 0 Å². The van der Waals surface area contributed by atoms with Gasteiger partial charge in [-0.25, -0.2) is 0 Å². The van der Waals surface area contributed by atoms with E-state index in [1.807, 2.05) is 49.4 Å². The Morgan fingerprint density at radius 2 is 1.41 bits per heavy atom. The van der Waals surface area contributed by atoms with E-state index < -0.39 is 5.41 Å². The lowest BCUT2D eigenvalue weighted by molar-refractivity contribution is -0.125. The zero-order valence-electron chi connectivity index (χ0n) is 23.5. The quantitative estimate of drug-likeness (QED) is 0.175. The predicted octanol–water partition coefficient (Wildman–Crippen LogP) is 7.12. The predicted molar refractivity (Wildman–Crippen MR) is 161 cm³/mol. The van der Waals surface area contributed by atoms with E-state index in [1.165, 1.54) is 0 Å². The normalized spacial score (nSPS) is 13.7. The Bertz CT molecular complexity index is 1240. The van der Waals surface area contributed by atoms with E-state index >= 15 is 0 Å². The molecule has 0 radical (unpaired) electrons. The summed E-state index contributed by atoms with van der Waals surface area (Å²) in [6, 6.07) is 26.8. The standard InChI is InChI=1S/C35H42N2O2/c1-4-28(37-33(38)24-27-16-8-7-9-17-27)18-10-5-6-15-23-35(34(39)36-25-26(2)3)31-21-13-11-19-29(31)30-20-12-14-22-32(30)35/h7-9,11-14,16-17,19-22,28H,2,4-6,10,15,18,23-25H2,1,3H3,(H,36,39)(H,37,38). The number of carbonyl (C=O) groups is 2. The van der Waals surface area contributed by atoms with Gasteiger partial charge in [-0.15, -0.1) is 0 Å². The highest BCUT2D eigenvalue weighted by Gasteiger charge is 2.48. The Morgan fingerprint density at radius 1 is 0.821 bits per heavy atom. The van der Waals surface area contributed by atoms with Crippen molar-refractivity contribution in [2.75, 3.05) is 6.54 Å². The summed E-state index contributed by atoms with van der Waals surface area (Å²) in [6.07, 6.45) is 7.26. The largest absolute Gasteiger partial charge is 0.353 e. The highest BCUT2D eigenvalue weighted by atomic mass is 16.2. The van der Waals surface area contributed by atoms with E-state index in [1.54, 1.807) is 0 Å². The van der Waals surface area contributed by atoms with Gasteiger partial charge in [-0.3, -0.25) is 9.59 Å². The third-order valence-corrected chi connectivity index (χ3v) is 7.92. The van der Waals surface area contributed by atoms with E-state index in [0.29, 0.717) is 13.0 Å². The third-order valence-electron chi connectivity index (χ3n) is 7.92. The van der Waals surface area contributed by atoms with Crippen LogP contribution in [0.15, 0.2) is 91.0 Å². The van der Waals surface area contributed by atoms with Gasteiger partial charge < -0.3 is 10.6 Å². The second-order valence-corrected chi connectivity index (χ2v) is 10.9. The van der Waals surface area contributed by atoms with Gasteiger partial charge in [0.1, 0.15) is 5.41 Å². The number of amides is 2. The van der Waals surface area contributed by atoms with Gasteiger partial charge in [0, 0.05) is 12.6 Å². The van der Waals surface area contributed by atoms with Crippen LogP contribution in [0.1, 0.15) is 75.5 Å². The molecule has 0 saturated carbocycles. The highest BCUT2D eigenvalue weighted by molar-refractivity contribution is 6.00. The molecule has 4 nitrogen and oxygen atoms in total. The maximum atomic E-state index is 13.9. The molecule has 0 aromatic heterocycles. The first kappa shape index (κ1) is 28.4. The number of carbonyl (C=O) groups excluding carboxylic acids is 2. The van der Waals surface area contributed by atoms with Gasteiger partial charge >= 0.3 is 0 Å². The first-order chi connectivity index (χ1) is 19.0. The lowest BCUT2D eigenvalue weighted by Gasteiger charge is -2.31. The van der Waals surface area contributed by atoms with E-state index in [0.717, 1.165) is 78.3 Å². The molecule has 0 spiro atoms. The fraction of sp³-hybridized carbons (Fsp3) is 0.371. The number of hydrogen-bond donors (Lipinski definition) is 2. The molecule has 1 atom stereocenters. The Kier molecular flexibility index (Phi) is 9.75. The number of benzene rings is 3. The molecule has 2 N–H and O–H groups in total. The molecule has 0 bridgehead atoms. The highest BCUT2D eigenvalue weighted by Crippen LogP contribution is 2.51. The van der Waals surface area contributed by atoms with Crippen molar-refractivity contribution in [1.29, 1.82) is 0 Å². The molecule has 204 valence electrons. The van der Waals surface area contributed by atoms with Gasteiger partial charge in [0.25, 0.3) is 0 Å². The third kappa shape index (κ3) is 6.68. The molecule has 4 heteroatoms. The van der Waals surface area contributed by atoms with Crippen LogP contribution in [0.4, 0.5) is 0 Å². The average molecular weight is 523 g/mol. The van der Waals surface area contributed by atoms with Crippen LogP contribution in [0.25, 0.3) is 11.1 Å². The molecule has 1 aliphatic rings. The molecule has 2 amide bonds. The number of hydrogen-bond acceptors (Lipinski definition) is 2. The first-order valence-electron chi connectivity index (χ1n) is 14.4. The fourth-order valence-corrected chi connectivity index (χ4v) is 5.91. The molecule has 1 aliphatic carbocycles. The van der Waals surface area contributed by atoms with Gasteiger partial charge in [0.2, 0.25) is 11.8 Å². The van der Waals surface area contributed by atoms with Gasteiger partial charge in [0.15, 0.2) is 0 Å². The van der Waals surface area contributed by atoms with Crippen LogP contribution in [-0.4, -0.2) is 24.4 Å². The Balaban J connectivity index is 1.35. The topological polar surface area (TPSA) is 58.2 Å². The van der Waals surface area contributed by atoms with Crippen molar-refractivity contribution in [3.8, 4) is 11.1 Å². The smallest absolute Gasteiger partial charge is 0.235 e. The number of rotatable bonds is 14. The van der Waals surface area contributed by atoms with Crippen molar-refractivity contribution in [2.45, 2.75) is 76.7 Å². The van der Waals surface area contributed by atoms with Crippen LogP contribution in [0.5, 0.6) is 0 Å². The number of fused-ring (bicyclic) bond motifs is 3. The van der Waals surface area contributed by atoms with Crippen LogP contribution in [-0.2, 0) is 21.4 Å². The van der Waals surface area contributed by atoms with Crippen molar-refractivity contribution in [3.63, 3.8) is 0 Å². The Morgan fingerprint density at radius 3 is 2.03 bits per heavy atom. The Labute approximate surface area is 233 Å². The second-order valence-electron chi connectivity index (χ2n) is 10.9. The van der Waals surface area contributed by atoms with Crippen molar-refractivity contribution < 1.29 is 9.59 Å². The Hall–Kier alpha value is -3.66. The van der Waals surface area contributed by atoms with Crippen LogP contribution in [0.3, 0.4) is 0 Å². The van der Waals surface area contributed by atoms with Crippen molar-refractivity contribution in [1.82, 2.24) is 10.6 Å². The van der Waals surface area contributed by atoms with Crippen LogP contribution >= 0.6 is 0 Å².